The number of aliphatic hydroxyl groups is 4. The zero-order chi connectivity index (χ0) is 25.2. The number of fused-ring (bicyclic) bond motifs is 1. The average molecular weight is 511 g/mol. The van der Waals surface area contributed by atoms with Crippen LogP contribution < -0.4 is 4.74 Å². The van der Waals surface area contributed by atoms with Gasteiger partial charge in [0.1, 0.15) is 54.2 Å². The summed E-state index contributed by atoms with van der Waals surface area (Å²) in [5.41, 5.74) is 3.23. The summed E-state index contributed by atoms with van der Waals surface area (Å²) in [5, 5.41) is 41.7. The van der Waals surface area contributed by atoms with Crippen molar-refractivity contribution in [2.45, 2.75) is 43.5 Å². The molecule has 7 nitrogen and oxygen atoms in total. The molecule has 2 heterocycles. The van der Waals surface area contributed by atoms with Crippen LogP contribution in [0, 0.1) is 0 Å². The maximum Gasteiger partial charge on any atom is 0.146 e. The maximum atomic E-state index is 10.5. The molecule has 5 atom stereocenters. The van der Waals surface area contributed by atoms with Crippen molar-refractivity contribution in [2.24, 2.45) is 0 Å². The molecule has 3 aromatic carbocycles. The highest BCUT2D eigenvalue weighted by atomic mass is 35.5. The minimum atomic E-state index is -1.44. The third-order valence-electron chi connectivity index (χ3n) is 6.47. The number of rotatable bonds is 7. The van der Waals surface area contributed by atoms with E-state index < -0.39 is 37.1 Å². The van der Waals surface area contributed by atoms with E-state index in [4.69, 9.17) is 25.5 Å². The minimum absolute atomic E-state index is 0.320. The molecule has 0 unspecified atom stereocenters. The smallest absolute Gasteiger partial charge is 0.146 e. The number of aliphatic hydroxyl groups excluding tert-OH is 4. The zero-order valence-electron chi connectivity index (χ0n) is 19.3. The second-order valence-corrected chi connectivity index (χ2v) is 9.37. The lowest BCUT2D eigenvalue weighted by atomic mass is 9.90. The normalized spacial score (nSPS) is 24.2. The lowest BCUT2D eigenvalue weighted by molar-refractivity contribution is -0.231. The maximum absolute atomic E-state index is 10.5. The molecule has 0 spiro atoms. The molecule has 1 aliphatic heterocycles. The van der Waals surface area contributed by atoms with Crippen LogP contribution in [0.2, 0.25) is 5.02 Å². The summed E-state index contributed by atoms with van der Waals surface area (Å²) in [6.45, 7) is -0.159. The first-order chi connectivity index (χ1) is 17.4. The summed E-state index contributed by atoms with van der Waals surface area (Å²) < 4.78 is 17.3. The molecule has 0 bridgehead atoms. The van der Waals surface area contributed by atoms with Crippen LogP contribution >= 0.6 is 11.6 Å². The molecule has 0 radical (unpaired) electrons. The van der Waals surface area contributed by atoms with Crippen molar-refractivity contribution in [1.82, 2.24) is 0 Å². The molecule has 188 valence electrons. The molecule has 0 aliphatic carbocycles. The van der Waals surface area contributed by atoms with Crippen LogP contribution in [0.3, 0.4) is 0 Å². The summed E-state index contributed by atoms with van der Waals surface area (Å²) in [7, 11) is 0. The Hall–Kier alpha value is -2.91. The lowest BCUT2D eigenvalue weighted by Crippen LogP contribution is -2.55. The van der Waals surface area contributed by atoms with E-state index in [9.17, 15) is 20.4 Å². The first-order valence-corrected chi connectivity index (χ1v) is 12.1. The van der Waals surface area contributed by atoms with Gasteiger partial charge in [0.25, 0.3) is 0 Å². The molecule has 0 amide bonds. The van der Waals surface area contributed by atoms with Crippen molar-refractivity contribution in [3.8, 4) is 5.75 Å². The quantitative estimate of drug-likeness (QED) is 0.299. The van der Waals surface area contributed by atoms with Crippen molar-refractivity contribution in [1.29, 1.82) is 0 Å². The molecule has 8 heteroatoms. The van der Waals surface area contributed by atoms with Crippen LogP contribution in [0.5, 0.6) is 5.75 Å². The van der Waals surface area contributed by atoms with Gasteiger partial charge in [-0.05, 0) is 53.4 Å². The number of para-hydroxylation sites is 1. The first kappa shape index (κ1) is 24.8. The Labute approximate surface area is 213 Å². The largest absolute Gasteiger partial charge is 0.486 e. The predicted molar refractivity (Wildman–Crippen MR) is 134 cm³/mol. The van der Waals surface area contributed by atoms with Gasteiger partial charge in [-0.2, -0.15) is 0 Å². The summed E-state index contributed by atoms with van der Waals surface area (Å²) in [5.74, 6) is 1.46. The van der Waals surface area contributed by atoms with Gasteiger partial charge in [-0.25, -0.2) is 0 Å². The summed E-state index contributed by atoms with van der Waals surface area (Å²) in [6, 6.07) is 22.7. The van der Waals surface area contributed by atoms with Crippen LogP contribution in [0.1, 0.15) is 28.6 Å². The number of furan rings is 1. The molecule has 1 aromatic heterocycles. The molecule has 1 fully saturated rings. The second kappa shape index (κ2) is 10.6. The fourth-order valence-corrected chi connectivity index (χ4v) is 4.65. The van der Waals surface area contributed by atoms with E-state index in [0.29, 0.717) is 29.4 Å². The topological polar surface area (TPSA) is 113 Å². The molecule has 4 N–H and O–H groups in total. The SMILES string of the molecule is OC[C@H]1O[C@@H](c2ccc(Cl)c(Cc3ccc(OCc4cc5ccccc5o4)cc3)c2)[C@H](O)[C@@H](O)[C@@H]1O. The second-order valence-electron chi connectivity index (χ2n) is 8.96. The number of hydrogen-bond donors (Lipinski definition) is 4. The van der Waals surface area contributed by atoms with Gasteiger partial charge in [0.15, 0.2) is 0 Å². The summed E-state index contributed by atoms with van der Waals surface area (Å²) >= 11 is 6.44. The van der Waals surface area contributed by atoms with Crippen molar-refractivity contribution < 1.29 is 34.3 Å². The highest BCUT2D eigenvalue weighted by Gasteiger charge is 2.44. The van der Waals surface area contributed by atoms with Crippen LogP contribution in [0.15, 0.2) is 77.2 Å². The molecule has 1 saturated heterocycles. The molecule has 5 rings (SSSR count). The van der Waals surface area contributed by atoms with E-state index in [-0.39, 0.29) is 0 Å². The molecule has 0 saturated carbocycles. The van der Waals surface area contributed by atoms with Gasteiger partial charge in [-0.1, -0.05) is 54.1 Å². The van der Waals surface area contributed by atoms with Crippen molar-refractivity contribution >= 4 is 22.6 Å². The number of benzene rings is 3. The van der Waals surface area contributed by atoms with E-state index in [1.54, 1.807) is 18.2 Å². The monoisotopic (exact) mass is 510 g/mol. The highest BCUT2D eigenvalue weighted by molar-refractivity contribution is 6.31. The van der Waals surface area contributed by atoms with Gasteiger partial charge in [0.05, 0.1) is 6.61 Å². The Morgan fingerprint density at radius 2 is 1.64 bits per heavy atom. The number of halogens is 1. The van der Waals surface area contributed by atoms with Gasteiger partial charge in [-0.15, -0.1) is 0 Å². The highest BCUT2D eigenvalue weighted by Crippen LogP contribution is 2.34. The van der Waals surface area contributed by atoms with E-state index in [2.05, 4.69) is 0 Å². The standard InChI is InChI=1S/C28H27ClO7/c29-22-10-7-18(28-27(33)26(32)25(31)24(14-30)36-28)12-19(22)11-16-5-8-20(9-6-16)34-15-21-13-17-3-1-2-4-23(17)35-21/h1-10,12-13,24-28,30-33H,11,14-15H2/t24-,25-,26+,27-,28+/m1/s1. The van der Waals surface area contributed by atoms with Gasteiger partial charge in [-0.3, -0.25) is 0 Å². The fraction of sp³-hybridized carbons (Fsp3) is 0.286. The van der Waals surface area contributed by atoms with Crippen molar-refractivity contribution in [2.75, 3.05) is 6.61 Å². The number of hydrogen-bond acceptors (Lipinski definition) is 7. The van der Waals surface area contributed by atoms with Gasteiger partial charge >= 0.3 is 0 Å². The van der Waals surface area contributed by atoms with Gasteiger partial charge < -0.3 is 34.3 Å². The molecule has 4 aromatic rings. The third-order valence-corrected chi connectivity index (χ3v) is 6.83. The van der Waals surface area contributed by atoms with Gasteiger partial charge in [0.2, 0.25) is 0 Å². The van der Waals surface area contributed by atoms with E-state index in [0.717, 1.165) is 27.9 Å². The number of ether oxygens (including phenoxy) is 2. The fourth-order valence-electron chi connectivity index (χ4n) is 4.47. The Bertz CT molecular complexity index is 1280. The van der Waals surface area contributed by atoms with Crippen LogP contribution in [0.25, 0.3) is 11.0 Å². The van der Waals surface area contributed by atoms with Crippen LogP contribution in [-0.2, 0) is 17.8 Å². The summed E-state index contributed by atoms with van der Waals surface area (Å²) in [4.78, 5) is 0. The predicted octanol–water partition coefficient (Wildman–Crippen LogP) is 3.77. The van der Waals surface area contributed by atoms with E-state index >= 15 is 0 Å². The Morgan fingerprint density at radius 1 is 0.861 bits per heavy atom. The Balaban J connectivity index is 1.26. The van der Waals surface area contributed by atoms with Crippen molar-refractivity contribution in [3.63, 3.8) is 0 Å². The van der Waals surface area contributed by atoms with Gasteiger partial charge in [0, 0.05) is 10.4 Å². The molecule has 36 heavy (non-hydrogen) atoms. The van der Waals surface area contributed by atoms with E-state index in [1.807, 2.05) is 54.6 Å². The third kappa shape index (κ3) is 5.13. The minimum Gasteiger partial charge on any atom is -0.486 e. The first-order valence-electron chi connectivity index (χ1n) is 11.7. The van der Waals surface area contributed by atoms with E-state index in [1.165, 1.54) is 0 Å². The summed E-state index contributed by atoms with van der Waals surface area (Å²) in [6.07, 6.45) is -5.55. The van der Waals surface area contributed by atoms with Crippen LogP contribution in [0.4, 0.5) is 0 Å². The molecular weight excluding hydrogens is 484 g/mol. The zero-order valence-corrected chi connectivity index (χ0v) is 20.1. The van der Waals surface area contributed by atoms with Crippen molar-refractivity contribution in [3.05, 3.63) is 100 Å². The lowest BCUT2D eigenvalue weighted by Gasteiger charge is -2.40. The average Bonchev–Trinajstić information content (AvgIpc) is 3.32. The molecular formula is C28H27ClO7. The Kier molecular flexibility index (Phi) is 7.29. The molecule has 1 aliphatic rings. The van der Waals surface area contributed by atoms with Crippen LogP contribution in [-0.4, -0.2) is 51.4 Å². The Morgan fingerprint density at radius 3 is 2.39 bits per heavy atom.